The zero-order chi connectivity index (χ0) is 12.3. The maximum absolute atomic E-state index is 11.9. The monoisotopic (exact) mass is 233 g/mol. The van der Waals surface area contributed by atoms with Gasteiger partial charge in [-0.1, -0.05) is 6.07 Å². The number of halogens is 2. The van der Waals surface area contributed by atoms with Crippen LogP contribution < -0.4 is 4.74 Å². The zero-order valence-electron chi connectivity index (χ0n) is 7.59. The predicted octanol–water partition coefficient (Wildman–Crippen LogP) is 1.89. The lowest BCUT2D eigenvalue weighted by atomic mass is 10.1. The summed E-state index contributed by atoms with van der Waals surface area (Å²) in [5.74, 6) is -2.44. The van der Waals surface area contributed by atoms with Crippen molar-refractivity contribution in [2.45, 2.75) is 6.61 Å². The fraction of sp³-hybridized carbons (Fsp3) is 0.125. The van der Waals surface area contributed by atoms with Gasteiger partial charge in [0, 0.05) is 6.07 Å². The molecule has 0 saturated carbocycles. The minimum Gasteiger partial charge on any atom is -0.477 e. The van der Waals surface area contributed by atoms with Gasteiger partial charge in [-0.2, -0.15) is 8.78 Å². The molecule has 0 aliphatic rings. The van der Waals surface area contributed by atoms with Gasteiger partial charge in [0.15, 0.2) is 5.56 Å². The quantitative estimate of drug-likeness (QED) is 0.633. The first kappa shape index (κ1) is 11.8. The number of aromatic carboxylic acids is 1. The number of carboxylic acid groups (broad SMARTS) is 1. The van der Waals surface area contributed by atoms with Gasteiger partial charge in [-0.05, 0) is 6.07 Å². The van der Waals surface area contributed by atoms with Crippen LogP contribution in [0.1, 0.15) is 10.4 Å². The van der Waals surface area contributed by atoms with Crippen molar-refractivity contribution in [2.24, 2.45) is 0 Å². The number of carbonyl (C=O) groups is 1. The van der Waals surface area contributed by atoms with E-state index in [0.29, 0.717) is 0 Å². The Labute approximate surface area is 87.2 Å². The first-order valence-electron chi connectivity index (χ1n) is 3.89. The second-order valence-electron chi connectivity index (χ2n) is 2.59. The van der Waals surface area contributed by atoms with E-state index in [1.165, 1.54) is 0 Å². The predicted molar refractivity (Wildman–Crippen MR) is 46.7 cm³/mol. The zero-order valence-corrected chi connectivity index (χ0v) is 7.59. The molecule has 0 spiro atoms. The molecule has 1 rings (SSSR count). The number of ether oxygens (including phenoxy) is 1. The third kappa shape index (κ3) is 2.41. The number of hydrogen-bond donors (Lipinski definition) is 1. The van der Waals surface area contributed by atoms with Crippen LogP contribution in [0.2, 0.25) is 0 Å². The van der Waals surface area contributed by atoms with E-state index in [0.717, 1.165) is 18.2 Å². The molecule has 0 saturated heterocycles. The lowest BCUT2D eigenvalue weighted by molar-refractivity contribution is -0.385. The molecule has 86 valence electrons. The largest absolute Gasteiger partial charge is 0.477 e. The van der Waals surface area contributed by atoms with Crippen LogP contribution in [0.25, 0.3) is 0 Å². The molecule has 1 N–H and O–H groups in total. The third-order valence-electron chi connectivity index (χ3n) is 1.63. The summed E-state index contributed by atoms with van der Waals surface area (Å²) >= 11 is 0. The number of hydrogen-bond acceptors (Lipinski definition) is 4. The van der Waals surface area contributed by atoms with E-state index in [4.69, 9.17) is 5.11 Å². The van der Waals surface area contributed by atoms with E-state index in [2.05, 4.69) is 4.74 Å². The lowest BCUT2D eigenvalue weighted by Gasteiger charge is -2.07. The maximum Gasteiger partial charge on any atom is 0.387 e. The van der Waals surface area contributed by atoms with E-state index >= 15 is 0 Å². The number of alkyl halides is 2. The summed E-state index contributed by atoms with van der Waals surface area (Å²) in [6, 6.07) is 2.87. The van der Waals surface area contributed by atoms with Gasteiger partial charge >= 0.3 is 12.6 Å². The number of carboxylic acids is 1. The molecule has 0 heterocycles. The maximum atomic E-state index is 11.9. The highest BCUT2D eigenvalue weighted by atomic mass is 19.3. The van der Waals surface area contributed by atoms with Crippen LogP contribution in [-0.4, -0.2) is 22.6 Å². The van der Waals surface area contributed by atoms with E-state index < -0.39 is 34.5 Å². The van der Waals surface area contributed by atoms with E-state index in [-0.39, 0.29) is 0 Å². The number of benzene rings is 1. The summed E-state index contributed by atoms with van der Waals surface area (Å²) in [5, 5.41) is 19.1. The highest BCUT2D eigenvalue weighted by Crippen LogP contribution is 2.29. The SMILES string of the molecule is O=C(O)c1c(OC(F)F)cccc1[N+](=O)[O-]. The molecule has 0 amide bonds. The standard InChI is InChI=1S/C8H5F2NO5/c9-8(10)16-5-3-1-2-4(11(14)15)6(5)7(12)13/h1-3,8H,(H,12,13). The summed E-state index contributed by atoms with van der Waals surface area (Å²) in [5.41, 5.74) is -1.70. The minimum absolute atomic E-state index is 0.739. The molecular formula is C8H5F2NO5. The smallest absolute Gasteiger partial charge is 0.387 e. The molecule has 0 atom stereocenters. The molecule has 0 aromatic heterocycles. The van der Waals surface area contributed by atoms with Crippen LogP contribution in [0.5, 0.6) is 5.75 Å². The Balaban J connectivity index is 3.32. The number of nitro groups is 1. The Morgan fingerprint density at radius 2 is 2.12 bits per heavy atom. The lowest BCUT2D eigenvalue weighted by Crippen LogP contribution is -2.09. The molecule has 6 nitrogen and oxygen atoms in total. The van der Waals surface area contributed by atoms with Gasteiger partial charge in [0.2, 0.25) is 0 Å². The van der Waals surface area contributed by atoms with Gasteiger partial charge in [-0.15, -0.1) is 0 Å². The van der Waals surface area contributed by atoms with Crippen molar-refractivity contribution in [1.82, 2.24) is 0 Å². The summed E-state index contributed by atoms with van der Waals surface area (Å²) in [7, 11) is 0. The van der Waals surface area contributed by atoms with Gasteiger partial charge in [0.25, 0.3) is 5.69 Å². The molecule has 1 aromatic carbocycles. The molecule has 0 unspecified atom stereocenters. The number of nitro benzene ring substituents is 1. The highest BCUT2D eigenvalue weighted by molar-refractivity contribution is 5.95. The normalized spacial score (nSPS) is 10.2. The second-order valence-corrected chi connectivity index (χ2v) is 2.59. The number of nitrogens with zero attached hydrogens (tertiary/aromatic N) is 1. The van der Waals surface area contributed by atoms with Crippen LogP contribution in [0.3, 0.4) is 0 Å². The Kier molecular flexibility index (Phi) is 3.33. The van der Waals surface area contributed by atoms with Crippen molar-refractivity contribution in [3.05, 3.63) is 33.9 Å². The van der Waals surface area contributed by atoms with E-state index in [1.54, 1.807) is 0 Å². The van der Waals surface area contributed by atoms with Crippen molar-refractivity contribution in [2.75, 3.05) is 0 Å². The molecular weight excluding hydrogens is 228 g/mol. The van der Waals surface area contributed by atoms with Crippen LogP contribution in [-0.2, 0) is 0 Å². The van der Waals surface area contributed by atoms with Crippen molar-refractivity contribution in [3.63, 3.8) is 0 Å². The van der Waals surface area contributed by atoms with Crippen LogP contribution in [0.4, 0.5) is 14.5 Å². The Morgan fingerprint density at radius 1 is 1.50 bits per heavy atom. The molecule has 16 heavy (non-hydrogen) atoms. The van der Waals surface area contributed by atoms with Gasteiger partial charge in [0.05, 0.1) is 4.92 Å². The van der Waals surface area contributed by atoms with Crippen molar-refractivity contribution >= 4 is 11.7 Å². The van der Waals surface area contributed by atoms with Gasteiger partial charge in [0.1, 0.15) is 5.75 Å². The summed E-state index contributed by atoms with van der Waals surface area (Å²) < 4.78 is 27.7. The average molecular weight is 233 g/mol. The molecule has 0 bridgehead atoms. The Hall–Kier alpha value is -2.25. The second kappa shape index (κ2) is 4.51. The van der Waals surface area contributed by atoms with Crippen LogP contribution in [0.15, 0.2) is 18.2 Å². The van der Waals surface area contributed by atoms with Crippen LogP contribution in [0, 0.1) is 10.1 Å². The fourth-order valence-corrected chi connectivity index (χ4v) is 1.08. The Bertz CT molecular complexity index is 434. The third-order valence-corrected chi connectivity index (χ3v) is 1.63. The van der Waals surface area contributed by atoms with E-state index in [1.807, 2.05) is 0 Å². The van der Waals surface area contributed by atoms with E-state index in [9.17, 15) is 23.7 Å². The molecule has 1 aromatic rings. The van der Waals surface area contributed by atoms with Crippen molar-refractivity contribution in [1.29, 1.82) is 0 Å². The first-order valence-corrected chi connectivity index (χ1v) is 3.89. The van der Waals surface area contributed by atoms with Gasteiger partial charge in [-0.25, -0.2) is 4.79 Å². The van der Waals surface area contributed by atoms with Gasteiger partial charge < -0.3 is 9.84 Å². The minimum atomic E-state index is -3.25. The van der Waals surface area contributed by atoms with Crippen molar-refractivity contribution in [3.8, 4) is 5.75 Å². The average Bonchev–Trinajstić information content (AvgIpc) is 2.15. The van der Waals surface area contributed by atoms with Gasteiger partial charge in [-0.3, -0.25) is 10.1 Å². The van der Waals surface area contributed by atoms with Crippen molar-refractivity contribution < 1.29 is 28.3 Å². The first-order chi connectivity index (χ1) is 7.43. The summed E-state index contributed by atoms with van der Waals surface area (Å²) in [4.78, 5) is 20.2. The summed E-state index contributed by atoms with van der Waals surface area (Å²) in [6.45, 7) is -3.25. The molecule has 0 aliphatic heterocycles. The topological polar surface area (TPSA) is 89.7 Å². The molecule has 0 radical (unpaired) electrons. The molecule has 0 fully saturated rings. The Morgan fingerprint density at radius 3 is 2.56 bits per heavy atom. The molecule has 0 aliphatic carbocycles. The number of rotatable bonds is 4. The molecule has 8 heteroatoms. The highest BCUT2D eigenvalue weighted by Gasteiger charge is 2.25. The fourth-order valence-electron chi connectivity index (χ4n) is 1.08. The summed E-state index contributed by atoms with van der Waals surface area (Å²) in [6.07, 6.45) is 0. The van der Waals surface area contributed by atoms with Crippen LogP contribution >= 0.6 is 0 Å².